The molecule has 2 aromatic rings. The molecule has 0 aliphatic heterocycles. The van der Waals surface area contributed by atoms with E-state index in [0.717, 1.165) is 11.3 Å². The molecular weight excluding hydrogens is 278 g/mol. The number of halogens is 1. The van der Waals surface area contributed by atoms with Gasteiger partial charge in [-0.05, 0) is 31.2 Å². The first-order chi connectivity index (χ1) is 9.58. The molecule has 0 saturated heterocycles. The Hall–Kier alpha value is -2.40. The number of nitrogens with one attached hydrogen (secondary N) is 1. The molecule has 1 aromatic heterocycles. The normalized spacial score (nSPS) is 11.2. The van der Waals surface area contributed by atoms with Gasteiger partial charge in [0.15, 0.2) is 0 Å². The van der Waals surface area contributed by atoms with Gasteiger partial charge in [0.25, 0.3) is 0 Å². The first-order valence-electron chi connectivity index (χ1n) is 5.81. The summed E-state index contributed by atoms with van der Waals surface area (Å²) in [5, 5.41) is 13.4. The lowest BCUT2D eigenvalue weighted by molar-refractivity contribution is 0.0697. The average molecular weight is 290 g/mol. The first kappa shape index (κ1) is 14.0. The number of rotatable bonds is 4. The van der Waals surface area contributed by atoms with Gasteiger partial charge in [-0.2, -0.15) is 5.10 Å². The van der Waals surface area contributed by atoms with Crippen LogP contribution in [0.3, 0.4) is 0 Å². The number of hydrazone groups is 1. The largest absolute Gasteiger partial charge is 0.478 e. The molecule has 0 atom stereocenters. The second kappa shape index (κ2) is 6.16. The van der Waals surface area contributed by atoms with Crippen molar-refractivity contribution in [2.45, 2.75) is 6.92 Å². The lowest BCUT2D eigenvalue weighted by Gasteiger charge is -2.05. The number of carbonyl (C=O) groups is 1. The highest BCUT2D eigenvalue weighted by Gasteiger charge is 2.09. The molecule has 0 bridgehead atoms. The standard InChI is InChI=1S/C14H12ClN3O2/c1-9(10-3-2-6-16-8-10)17-18-11-4-5-13(15)12(7-11)14(19)20/h2-8,18H,1H3,(H,19,20)/b17-9-. The molecule has 0 unspecified atom stereocenters. The van der Waals surface area contributed by atoms with Crippen LogP contribution in [0.15, 0.2) is 47.8 Å². The summed E-state index contributed by atoms with van der Waals surface area (Å²) in [6.07, 6.45) is 3.38. The zero-order chi connectivity index (χ0) is 14.5. The van der Waals surface area contributed by atoms with Crippen LogP contribution >= 0.6 is 11.6 Å². The third kappa shape index (κ3) is 3.33. The van der Waals surface area contributed by atoms with Crippen molar-refractivity contribution < 1.29 is 9.90 Å². The minimum absolute atomic E-state index is 0.0332. The Kier molecular flexibility index (Phi) is 4.32. The van der Waals surface area contributed by atoms with Gasteiger partial charge in [0, 0.05) is 18.0 Å². The summed E-state index contributed by atoms with van der Waals surface area (Å²) in [5.74, 6) is -1.08. The summed E-state index contributed by atoms with van der Waals surface area (Å²) in [4.78, 5) is 15.0. The Balaban J connectivity index is 2.19. The third-order valence-corrected chi connectivity index (χ3v) is 2.96. The van der Waals surface area contributed by atoms with E-state index in [-0.39, 0.29) is 10.6 Å². The van der Waals surface area contributed by atoms with E-state index in [1.54, 1.807) is 18.5 Å². The Morgan fingerprint density at radius 3 is 2.85 bits per heavy atom. The number of pyridine rings is 1. The van der Waals surface area contributed by atoms with Gasteiger partial charge < -0.3 is 5.11 Å². The molecule has 0 aliphatic carbocycles. The SMILES string of the molecule is C/C(=N/Nc1ccc(Cl)c(C(=O)O)c1)c1cccnc1. The number of carboxylic acid groups (broad SMARTS) is 1. The van der Waals surface area contributed by atoms with Gasteiger partial charge in [0.05, 0.1) is 22.0 Å². The molecule has 0 saturated carbocycles. The average Bonchev–Trinajstić information content (AvgIpc) is 2.46. The van der Waals surface area contributed by atoms with E-state index < -0.39 is 5.97 Å². The fraction of sp³-hybridized carbons (Fsp3) is 0.0714. The highest BCUT2D eigenvalue weighted by atomic mass is 35.5. The Bertz CT molecular complexity index is 657. The zero-order valence-electron chi connectivity index (χ0n) is 10.7. The van der Waals surface area contributed by atoms with Crippen LogP contribution in [0.5, 0.6) is 0 Å². The van der Waals surface area contributed by atoms with Gasteiger partial charge in [0.2, 0.25) is 0 Å². The number of carboxylic acids is 1. The molecule has 2 N–H and O–H groups in total. The number of aromatic nitrogens is 1. The number of hydrogen-bond acceptors (Lipinski definition) is 4. The summed E-state index contributed by atoms with van der Waals surface area (Å²) in [5.41, 5.74) is 5.01. The molecule has 0 aliphatic rings. The van der Waals surface area contributed by atoms with Crippen molar-refractivity contribution in [3.05, 3.63) is 58.9 Å². The van der Waals surface area contributed by atoms with Crippen molar-refractivity contribution in [2.24, 2.45) is 5.10 Å². The molecule has 1 heterocycles. The Morgan fingerprint density at radius 2 is 2.20 bits per heavy atom. The highest BCUT2D eigenvalue weighted by molar-refractivity contribution is 6.33. The highest BCUT2D eigenvalue weighted by Crippen LogP contribution is 2.20. The third-order valence-electron chi connectivity index (χ3n) is 2.63. The van der Waals surface area contributed by atoms with Gasteiger partial charge in [-0.1, -0.05) is 17.7 Å². The molecule has 5 nitrogen and oxygen atoms in total. The second-order valence-corrected chi connectivity index (χ2v) is 4.46. The summed E-state index contributed by atoms with van der Waals surface area (Å²) in [7, 11) is 0. The lowest BCUT2D eigenvalue weighted by Crippen LogP contribution is -2.02. The lowest BCUT2D eigenvalue weighted by atomic mass is 10.2. The van der Waals surface area contributed by atoms with Crippen LogP contribution in [0.2, 0.25) is 5.02 Å². The van der Waals surface area contributed by atoms with E-state index in [2.05, 4.69) is 15.5 Å². The molecule has 6 heteroatoms. The van der Waals surface area contributed by atoms with E-state index in [1.165, 1.54) is 12.1 Å². The van der Waals surface area contributed by atoms with Crippen LogP contribution in [-0.2, 0) is 0 Å². The number of benzene rings is 1. The van der Waals surface area contributed by atoms with Crippen molar-refractivity contribution >= 4 is 29.0 Å². The summed E-state index contributed by atoms with van der Waals surface area (Å²) in [6, 6.07) is 8.32. The Morgan fingerprint density at radius 1 is 1.40 bits per heavy atom. The summed E-state index contributed by atoms with van der Waals surface area (Å²) in [6.45, 7) is 1.83. The van der Waals surface area contributed by atoms with E-state index in [4.69, 9.17) is 16.7 Å². The van der Waals surface area contributed by atoms with Crippen LogP contribution in [0.25, 0.3) is 0 Å². The first-order valence-corrected chi connectivity index (χ1v) is 6.19. The van der Waals surface area contributed by atoms with Crippen LogP contribution < -0.4 is 5.43 Å². The molecule has 2 rings (SSSR count). The van der Waals surface area contributed by atoms with Crippen LogP contribution in [0, 0.1) is 0 Å². The minimum Gasteiger partial charge on any atom is -0.478 e. The van der Waals surface area contributed by atoms with Crippen LogP contribution in [0.4, 0.5) is 5.69 Å². The minimum atomic E-state index is -1.08. The van der Waals surface area contributed by atoms with Crippen molar-refractivity contribution in [3.63, 3.8) is 0 Å². The van der Waals surface area contributed by atoms with Crippen molar-refractivity contribution in [3.8, 4) is 0 Å². The van der Waals surface area contributed by atoms with Gasteiger partial charge in [-0.25, -0.2) is 4.79 Å². The smallest absolute Gasteiger partial charge is 0.337 e. The quantitative estimate of drug-likeness (QED) is 0.669. The zero-order valence-corrected chi connectivity index (χ0v) is 11.4. The molecule has 0 fully saturated rings. The fourth-order valence-corrected chi connectivity index (χ4v) is 1.75. The van der Waals surface area contributed by atoms with Gasteiger partial charge in [0.1, 0.15) is 0 Å². The molecule has 102 valence electrons. The maximum Gasteiger partial charge on any atom is 0.337 e. The topological polar surface area (TPSA) is 74.6 Å². The number of nitrogens with zero attached hydrogens (tertiary/aromatic N) is 2. The van der Waals surface area contributed by atoms with Gasteiger partial charge in [-0.15, -0.1) is 0 Å². The number of hydrogen-bond donors (Lipinski definition) is 2. The monoisotopic (exact) mass is 289 g/mol. The molecular formula is C14H12ClN3O2. The summed E-state index contributed by atoms with van der Waals surface area (Å²) < 4.78 is 0. The van der Waals surface area contributed by atoms with Crippen molar-refractivity contribution in [1.29, 1.82) is 0 Å². The van der Waals surface area contributed by atoms with E-state index in [9.17, 15) is 4.79 Å². The van der Waals surface area contributed by atoms with Crippen molar-refractivity contribution in [2.75, 3.05) is 5.43 Å². The number of aromatic carboxylic acids is 1. The molecule has 0 radical (unpaired) electrons. The maximum atomic E-state index is 11.0. The number of anilines is 1. The van der Waals surface area contributed by atoms with Crippen LogP contribution in [-0.4, -0.2) is 21.8 Å². The van der Waals surface area contributed by atoms with Gasteiger partial charge >= 0.3 is 5.97 Å². The molecule has 20 heavy (non-hydrogen) atoms. The van der Waals surface area contributed by atoms with Crippen LogP contribution in [0.1, 0.15) is 22.8 Å². The summed E-state index contributed by atoms with van der Waals surface area (Å²) >= 11 is 5.80. The molecule has 0 amide bonds. The van der Waals surface area contributed by atoms with E-state index >= 15 is 0 Å². The van der Waals surface area contributed by atoms with Crippen molar-refractivity contribution in [1.82, 2.24) is 4.98 Å². The molecule has 1 aromatic carbocycles. The fourth-order valence-electron chi connectivity index (χ4n) is 1.55. The van der Waals surface area contributed by atoms with E-state index in [1.807, 2.05) is 19.1 Å². The maximum absolute atomic E-state index is 11.0. The Labute approximate surface area is 120 Å². The predicted molar refractivity (Wildman–Crippen MR) is 78.5 cm³/mol. The second-order valence-electron chi connectivity index (χ2n) is 4.05. The molecule has 0 spiro atoms. The van der Waals surface area contributed by atoms with Gasteiger partial charge in [-0.3, -0.25) is 10.4 Å². The van der Waals surface area contributed by atoms with E-state index in [0.29, 0.717) is 5.69 Å². The predicted octanol–water partition coefficient (Wildman–Crippen LogP) is 3.27.